The number of fused-ring (bicyclic) bond motifs is 1. The number of aliphatic hydroxyl groups excluding tert-OH is 1. The van der Waals surface area contributed by atoms with E-state index in [1.54, 1.807) is 0 Å². The summed E-state index contributed by atoms with van der Waals surface area (Å²) in [5.41, 5.74) is 2.88. The number of likely N-dealkylation sites (tertiary alicyclic amines) is 1. The molecule has 1 saturated heterocycles. The zero-order valence-electron chi connectivity index (χ0n) is 14.5. The molecule has 1 aromatic carbocycles. The Kier molecular flexibility index (Phi) is 3.98. The lowest BCUT2D eigenvalue weighted by Crippen LogP contribution is -2.59. The third kappa shape index (κ3) is 2.65. The fourth-order valence-corrected chi connectivity index (χ4v) is 4.17. The van der Waals surface area contributed by atoms with Crippen molar-refractivity contribution in [2.75, 3.05) is 13.1 Å². The minimum Gasteiger partial charge on any atom is -0.485 e. The summed E-state index contributed by atoms with van der Waals surface area (Å²) in [5, 5.41) is 11.1. The molecule has 0 saturated carbocycles. The van der Waals surface area contributed by atoms with Gasteiger partial charge in [0.2, 0.25) is 0 Å². The Hall–Kier alpha value is -1.06. The van der Waals surface area contributed by atoms with E-state index in [0.717, 1.165) is 35.9 Å². The Bertz CT molecular complexity index is 559. The Labute approximate surface area is 134 Å². The van der Waals surface area contributed by atoms with Crippen LogP contribution in [0, 0.1) is 19.8 Å². The Balaban J connectivity index is 1.97. The van der Waals surface area contributed by atoms with Crippen molar-refractivity contribution in [3.63, 3.8) is 0 Å². The highest BCUT2D eigenvalue weighted by atomic mass is 16.5. The van der Waals surface area contributed by atoms with Gasteiger partial charge >= 0.3 is 0 Å². The maximum atomic E-state index is 11.1. The van der Waals surface area contributed by atoms with Crippen LogP contribution < -0.4 is 4.74 Å². The van der Waals surface area contributed by atoms with E-state index in [4.69, 9.17) is 4.74 Å². The van der Waals surface area contributed by atoms with E-state index in [2.05, 4.69) is 51.7 Å². The Morgan fingerprint density at radius 3 is 2.45 bits per heavy atom. The topological polar surface area (TPSA) is 32.7 Å². The highest BCUT2D eigenvalue weighted by molar-refractivity contribution is 5.48. The van der Waals surface area contributed by atoms with Crippen LogP contribution in [0.1, 0.15) is 56.4 Å². The number of benzene rings is 1. The van der Waals surface area contributed by atoms with E-state index in [1.165, 1.54) is 18.4 Å². The highest BCUT2D eigenvalue weighted by Crippen LogP contribution is 2.44. The summed E-state index contributed by atoms with van der Waals surface area (Å²) in [5.74, 6) is 1.67. The van der Waals surface area contributed by atoms with Crippen LogP contribution in [0.4, 0.5) is 0 Å². The molecule has 0 aliphatic carbocycles. The molecule has 122 valence electrons. The third-order valence-electron chi connectivity index (χ3n) is 5.35. The van der Waals surface area contributed by atoms with Crippen molar-refractivity contribution in [2.24, 2.45) is 5.92 Å². The van der Waals surface area contributed by atoms with Crippen LogP contribution in [0.3, 0.4) is 0 Å². The third-order valence-corrected chi connectivity index (χ3v) is 5.35. The summed E-state index contributed by atoms with van der Waals surface area (Å²) in [6, 6.07) is 4.24. The van der Waals surface area contributed by atoms with E-state index in [1.807, 2.05) is 0 Å². The van der Waals surface area contributed by atoms with Crippen LogP contribution in [-0.4, -0.2) is 34.7 Å². The first-order chi connectivity index (χ1) is 10.3. The average molecular weight is 303 g/mol. The molecule has 2 heterocycles. The van der Waals surface area contributed by atoms with Gasteiger partial charge in [0, 0.05) is 5.56 Å². The SMILES string of the molecule is Cc1cc(C)c2c(c1)C(O)C(N1CCC(C)CC1)C(C)(C)O2. The second-order valence-corrected chi connectivity index (χ2v) is 7.81. The smallest absolute Gasteiger partial charge is 0.128 e. The Morgan fingerprint density at radius 2 is 1.82 bits per heavy atom. The van der Waals surface area contributed by atoms with Gasteiger partial charge in [-0.2, -0.15) is 0 Å². The molecule has 0 amide bonds. The summed E-state index contributed by atoms with van der Waals surface area (Å²) in [7, 11) is 0. The molecule has 3 rings (SSSR count). The number of aryl methyl sites for hydroxylation is 2. The standard InChI is InChI=1S/C19H29NO2/c1-12-6-8-20(9-7-12)18-16(21)15-11-13(2)10-14(3)17(15)22-19(18,4)5/h10-12,16,18,21H,6-9H2,1-5H3. The van der Waals surface area contributed by atoms with Gasteiger partial charge in [-0.25, -0.2) is 0 Å². The molecule has 3 nitrogen and oxygen atoms in total. The number of hydrogen-bond acceptors (Lipinski definition) is 3. The number of ether oxygens (including phenoxy) is 1. The van der Waals surface area contributed by atoms with Gasteiger partial charge in [-0.3, -0.25) is 4.90 Å². The molecule has 1 aromatic rings. The first-order valence-corrected chi connectivity index (χ1v) is 8.52. The summed E-state index contributed by atoms with van der Waals surface area (Å²) < 4.78 is 6.37. The van der Waals surface area contributed by atoms with Gasteiger partial charge in [0.15, 0.2) is 0 Å². The zero-order valence-corrected chi connectivity index (χ0v) is 14.5. The maximum Gasteiger partial charge on any atom is 0.128 e. The van der Waals surface area contributed by atoms with Crippen molar-refractivity contribution in [3.05, 3.63) is 28.8 Å². The van der Waals surface area contributed by atoms with Crippen molar-refractivity contribution in [3.8, 4) is 5.75 Å². The summed E-state index contributed by atoms with van der Waals surface area (Å²) in [6.07, 6.45) is 1.93. The lowest BCUT2D eigenvalue weighted by atomic mass is 9.82. The van der Waals surface area contributed by atoms with Gasteiger partial charge in [0.1, 0.15) is 17.5 Å². The molecule has 2 aliphatic heterocycles. The van der Waals surface area contributed by atoms with Gasteiger partial charge in [-0.05, 0) is 71.2 Å². The van der Waals surface area contributed by atoms with Crippen molar-refractivity contribution >= 4 is 0 Å². The predicted molar refractivity (Wildman–Crippen MR) is 89.3 cm³/mol. The summed E-state index contributed by atoms with van der Waals surface area (Å²) in [4.78, 5) is 2.44. The van der Waals surface area contributed by atoms with Crippen LogP contribution in [0.25, 0.3) is 0 Å². The van der Waals surface area contributed by atoms with Crippen molar-refractivity contribution < 1.29 is 9.84 Å². The lowest BCUT2D eigenvalue weighted by molar-refractivity contribution is -0.0905. The van der Waals surface area contributed by atoms with Gasteiger partial charge in [0.25, 0.3) is 0 Å². The monoisotopic (exact) mass is 303 g/mol. The molecular weight excluding hydrogens is 274 g/mol. The van der Waals surface area contributed by atoms with Crippen LogP contribution in [0.15, 0.2) is 12.1 Å². The molecule has 0 bridgehead atoms. The quantitative estimate of drug-likeness (QED) is 0.860. The molecule has 0 spiro atoms. The van der Waals surface area contributed by atoms with Gasteiger partial charge in [0.05, 0.1) is 6.04 Å². The molecule has 1 fully saturated rings. The van der Waals surface area contributed by atoms with Crippen molar-refractivity contribution in [1.82, 2.24) is 4.90 Å². The number of aliphatic hydroxyl groups is 1. The molecule has 3 heteroatoms. The van der Waals surface area contributed by atoms with E-state index in [9.17, 15) is 5.11 Å². The molecule has 22 heavy (non-hydrogen) atoms. The van der Waals surface area contributed by atoms with Crippen LogP contribution in [0.2, 0.25) is 0 Å². The number of rotatable bonds is 1. The van der Waals surface area contributed by atoms with E-state index >= 15 is 0 Å². The largest absolute Gasteiger partial charge is 0.485 e. The van der Waals surface area contributed by atoms with Gasteiger partial charge < -0.3 is 9.84 Å². The molecule has 2 aliphatic rings. The summed E-state index contributed by atoms with van der Waals surface area (Å²) >= 11 is 0. The number of piperidine rings is 1. The fraction of sp³-hybridized carbons (Fsp3) is 0.684. The minimum atomic E-state index is -0.481. The highest BCUT2D eigenvalue weighted by Gasteiger charge is 2.47. The fourth-order valence-electron chi connectivity index (χ4n) is 4.17. The lowest BCUT2D eigenvalue weighted by Gasteiger charge is -2.50. The van der Waals surface area contributed by atoms with Crippen molar-refractivity contribution in [1.29, 1.82) is 0 Å². The maximum absolute atomic E-state index is 11.1. The molecule has 0 radical (unpaired) electrons. The minimum absolute atomic E-state index is 0.0219. The first kappa shape index (κ1) is 15.8. The van der Waals surface area contributed by atoms with E-state index < -0.39 is 6.10 Å². The van der Waals surface area contributed by atoms with E-state index in [0.29, 0.717) is 0 Å². The second kappa shape index (κ2) is 5.54. The van der Waals surface area contributed by atoms with Crippen molar-refractivity contribution in [2.45, 2.75) is 65.2 Å². The second-order valence-electron chi connectivity index (χ2n) is 7.81. The zero-order chi connectivity index (χ0) is 16.1. The normalized spacial score (nSPS) is 29.0. The van der Waals surface area contributed by atoms with Gasteiger partial charge in [-0.15, -0.1) is 0 Å². The predicted octanol–water partition coefficient (Wildman–Crippen LogP) is 3.61. The Morgan fingerprint density at radius 1 is 1.18 bits per heavy atom. The number of hydrogen-bond donors (Lipinski definition) is 1. The molecular formula is C19H29NO2. The van der Waals surface area contributed by atoms with Crippen LogP contribution in [-0.2, 0) is 0 Å². The van der Waals surface area contributed by atoms with E-state index in [-0.39, 0.29) is 11.6 Å². The molecule has 0 aromatic heterocycles. The van der Waals surface area contributed by atoms with Crippen LogP contribution in [0.5, 0.6) is 5.75 Å². The molecule has 2 atom stereocenters. The first-order valence-electron chi connectivity index (χ1n) is 8.52. The molecule has 2 unspecified atom stereocenters. The number of nitrogens with zero attached hydrogens (tertiary/aromatic N) is 1. The molecule has 1 N–H and O–H groups in total. The average Bonchev–Trinajstić information content (AvgIpc) is 2.42. The summed E-state index contributed by atoms with van der Waals surface area (Å²) in [6.45, 7) is 12.8. The van der Waals surface area contributed by atoms with Gasteiger partial charge in [-0.1, -0.05) is 18.6 Å². The van der Waals surface area contributed by atoms with Crippen LogP contribution >= 0.6 is 0 Å².